The van der Waals surface area contributed by atoms with E-state index in [1.54, 1.807) is 31.2 Å². The maximum atomic E-state index is 12.8. The molecule has 2 aromatic heterocycles. The number of carbonyl (C=O) groups is 1. The van der Waals surface area contributed by atoms with Gasteiger partial charge in [0.1, 0.15) is 5.69 Å². The van der Waals surface area contributed by atoms with E-state index >= 15 is 0 Å². The number of benzene rings is 1. The van der Waals surface area contributed by atoms with Crippen molar-refractivity contribution >= 4 is 5.97 Å². The van der Waals surface area contributed by atoms with Crippen molar-refractivity contribution < 1.29 is 22.7 Å². The van der Waals surface area contributed by atoms with Crippen LogP contribution >= 0.6 is 0 Å². The highest BCUT2D eigenvalue weighted by molar-refractivity contribution is 5.94. The maximum Gasteiger partial charge on any atom is 0.416 e. The van der Waals surface area contributed by atoms with Gasteiger partial charge in [-0.2, -0.15) is 23.5 Å². The van der Waals surface area contributed by atoms with Crippen LogP contribution in [0.15, 0.2) is 42.6 Å². The van der Waals surface area contributed by atoms with Crippen LogP contribution in [0, 0.1) is 0 Å². The van der Waals surface area contributed by atoms with Crippen molar-refractivity contribution in [3.05, 3.63) is 53.9 Å². The average molecular weight is 362 g/mol. The van der Waals surface area contributed by atoms with Crippen molar-refractivity contribution in [3.8, 4) is 22.5 Å². The number of aromatic amines is 1. The maximum absolute atomic E-state index is 12.8. The second-order valence-electron chi connectivity index (χ2n) is 5.25. The van der Waals surface area contributed by atoms with E-state index in [4.69, 9.17) is 4.74 Å². The summed E-state index contributed by atoms with van der Waals surface area (Å²) in [5, 5.41) is 10.1. The number of halogens is 3. The van der Waals surface area contributed by atoms with E-state index in [2.05, 4.69) is 20.4 Å². The number of carbonyl (C=O) groups excluding carboxylic acids is 1. The third-order valence-electron chi connectivity index (χ3n) is 3.56. The Morgan fingerprint density at radius 1 is 1.12 bits per heavy atom. The van der Waals surface area contributed by atoms with Gasteiger partial charge in [-0.15, -0.1) is 5.10 Å². The molecule has 0 unspecified atom stereocenters. The number of ether oxygens (including phenoxy) is 1. The SMILES string of the molecule is CCOC(=O)c1n[nH]nc1-c1ccc(-c2cc(C(F)(F)F)ccn2)cc1. The Morgan fingerprint density at radius 2 is 1.81 bits per heavy atom. The third kappa shape index (κ3) is 3.56. The number of aromatic nitrogens is 4. The lowest BCUT2D eigenvalue weighted by Crippen LogP contribution is -2.06. The first kappa shape index (κ1) is 17.6. The first-order valence-electron chi connectivity index (χ1n) is 7.62. The van der Waals surface area contributed by atoms with Crippen molar-refractivity contribution in [2.24, 2.45) is 0 Å². The van der Waals surface area contributed by atoms with E-state index in [0.717, 1.165) is 18.3 Å². The molecule has 3 rings (SSSR count). The summed E-state index contributed by atoms with van der Waals surface area (Å²) >= 11 is 0. The highest BCUT2D eigenvalue weighted by Crippen LogP contribution is 2.31. The lowest BCUT2D eigenvalue weighted by Gasteiger charge is -2.08. The largest absolute Gasteiger partial charge is 0.461 e. The molecule has 0 atom stereocenters. The van der Waals surface area contributed by atoms with Gasteiger partial charge in [-0.3, -0.25) is 4.98 Å². The minimum atomic E-state index is -4.44. The highest BCUT2D eigenvalue weighted by atomic mass is 19.4. The number of H-pyrrole nitrogens is 1. The standard InChI is InChI=1S/C17H13F3N4O2/c1-2-26-16(25)15-14(22-24-23-15)11-5-3-10(4-6-11)13-9-12(7-8-21-13)17(18,19)20/h3-9H,2H2,1H3,(H,22,23,24). The number of hydrogen-bond acceptors (Lipinski definition) is 5. The molecule has 26 heavy (non-hydrogen) atoms. The molecule has 134 valence electrons. The zero-order chi connectivity index (χ0) is 18.7. The van der Waals surface area contributed by atoms with E-state index in [9.17, 15) is 18.0 Å². The van der Waals surface area contributed by atoms with Crippen LogP contribution in [0.3, 0.4) is 0 Å². The van der Waals surface area contributed by atoms with Gasteiger partial charge < -0.3 is 4.74 Å². The molecule has 9 heteroatoms. The fourth-order valence-electron chi connectivity index (χ4n) is 2.34. The normalized spacial score (nSPS) is 11.4. The number of pyridine rings is 1. The van der Waals surface area contributed by atoms with E-state index in [-0.39, 0.29) is 18.0 Å². The van der Waals surface area contributed by atoms with Gasteiger partial charge in [0.2, 0.25) is 0 Å². The topological polar surface area (TPSA) is 80.8 Å². The predicted molar refractivity (Wildman–Crippen MR) is 86.0 cm³/mol. The molecule has 6 nitrogen and oxygen atoms in total. The fraction of sp³-hybridized carbons (Fsp3) is 0.176. The zero-order valence-corrected chi connectivity index (χ0v) is 13.5. The van der Waals surface area contributed by atoms with Gasteiger partial charge in [-0.25, -0.2) is 4.79 Å². The molecule has 0 saturated carbocycles. The highest BCUT2D eigenvalue weighted by Gasteiger charge is 2.30. The summed E-state index contributed by atoms with van der Waals surface area (Å²) in [5.41, 5.74) is 0.826. The van der Waals surface area contributed by atoms with Gasteiger partial charge in [-0.05, 0) is 19.1 Å². The minimum absolute atomic E-state index is 0.0387. The van der Waals surface area contributed by atoms with Crippen molar-refractivity contribution in [1.82, 2.24) is 20.4 Å². The smallest absolute Gasteiger partial charge is 0.416 e. The summed E-state index contributed by atoms with van der Waals surface area (Å²) in [7, 11) is 0. The first-order valence-corrected chi connectivity index (χ1v) is 7.62. The number of nitrogens with zero attached hydrogens (tertiary/aromatic N) is 3. The fourth-order valence-corrected chi connectivity index (χ4v) is 2.34. The van der Waals surface area contributed by atoms with Gasteiger partial charge in [0, 0.05) is 17.3 Å². The van der Waals surface area contributed by atoms with Gasteiger partial charge in [0.25, 0.3) is 0 Å². The van der Waals surface area contributed by atoms with Crippen LogP contribution in [0.2, 0.25) is 0 Å². The minimum Gasteiger partial charge on any atom is -0.461 e. The lowest BCUT2D eigenvalue weighted by atomic mass is 10.0. The second kappa shape index (κ2) is 6.95. The zero-order valence-electron chi connectivity index (χ0n) is 13.5. The molecular formula is C17H13F3N4O2. The number of nitrogens with one attached hydrogen (secondary N) is 1. The van der Waals surface area contributed by atoms with E-state index in [1.165, 1.54) is 0 Å². The molecule has 0 amide bonds. The Kier molecular flexibility index (Phi) is 4.70. The summed E-state index contributed by atoms with van der Waals surface area (Å²) in [6.45, 7) is 1.87. The summed E-state index contributed by atoms with van der Waals surface area (Å²) in [6.07, 6.45) is -3.32. The van der Waals surface area contributed by atoms with Crippen molar-refractivity contribution in [2.75, 3.05) is 6.61 Å². The van der Waals surface area contributed by atoms with Crippen LogP contribution in [0.25, 0.3) is 22.5 Å². The van der Waals surface area contributed by atoms with Crippen LogP contribution < -0.4 is 0 Å². The molecule has 0 aliphatic carbocycles. The average Bonchev–Trinajstić information content (AvgIpc) is 3.11. The number of hydrogen-bond donors (Lipinski definition) is 1. The molecule has 2 heterocycles. The second-order valence-corrected chi connectivity index (χ2v) is 5.25. The van der Waals surface area contributed by atoms with Gasteiger partial charge in [0.15, 0.2) is 5.69 Å². The molecule has 1 N–H and O–H groups in total. The molecule has 0 saturated heterocycles. The first-order chi connectivity index (χ1) is 12.4. The summed E-state index contributed by atoms with van der Waals surface area (Å²) in [5.74, 6) is -0.611. The van der Waals surface area contributed by atoms with Gasteiger partial charge >= 0.3 is 12.1 Å². The Bertz CT molecular complexity index is 920. The molecule has 0 fully saturated rings. The lowest BCUT2D eigenvalue weighted by molar-refractivity contribution is -0.137. The third-order valence-corrected chi connectivity index (χ3v) is 3.56. The Hall–Kier alpha value is -3.23. The summed E-state index contributed by atoms with van der Waals surface area (Å²) in [6, 6.07) is 8.34. The van der Waals surface area contributed by atoms with Crippen molar-refractivity contribution in [1.29, 1.82) is 0 Å². The van der Waals surface area contributed by atoms with Crippen molar-refractivity contribution in [2.45, 2.75) is 13.1 Å². The Labute approximate surface area is 146 Å². The van der Waals surface area contributed by atoms with Gasteiger partial charge in [-0.1, -0.05) is 24.3 Å². The van der Waals surface area contributed by atoms with Crippen molar-refractivity contribution in [3.63, 3.8) is 0 Å². The molecule has 3 aromatic rings. The molecule has 0 aliphatic rings. The molecule has 1 aromatic carbocycles. The van der Waals surface area contributed by atoms with Crippen LogP contribution in [-0.2, 0) is 10.9 Å². The van der Waals surface area contributed by atoms with Crippen LogP contribution in [0.5, 0.6) is 0 Å². The van der Waals surface area contributed by atoms with Crippen LogP contribution in [-0.4, -0.2) is 33.0 Å². The monoisotopic (exact) mass is 362 g/mol. The molecule has 0 radical (unpaired) electrons. The Balaban J connectivity index is 1.91. The number of esters is 1. The van der Waals surface area contributed by atoms with Gasteiger partial charge in [0.05, 0.1) is 17.9 Å². The molecule has 0 aliphatic heterocycles. The predicted octanol–water partition coefficient (Wildman–Crippen LogP) is 3.73. The Morgan fingerprint density at radius 3 is 2.46 bits per heavy atom. The number of alkyl halides is 3. The molecule has 0 spiro atoms. The van der Waals surface area contributed by atoms with E-state index in [1.807, 2.05) is 0 Å². The summed E-state index contributed by atoms with van der Waals surface area (Å²) in [4.78, 5) is 15.8. The number of rotatable bonds is 4. The summed E-state index contributed by atoms with van der Waals surface area (Å²) < 4.78 is 43.4. The van der Waals surface area contributed by atoms with E-state index in [0.29, 0.717) is 16.8 Å². The van der Waals surface area contributed by atoms with Crippen LogP contribution in [0.4, 0.5) is 13.2 Å². The quantitative estimate of drug-likeness (QED) is 0.716. The molecule has 0 bridgehead atoms. The van der Waals surface area contributed by atoms with E-state index < -0.39 is 17.7 Å². The molecular weight excluding hydrogens is 349 g/mol. The van der Waals surface area contributed by atoms with Crippen LogP contribution in [0.1, 0.15) is 23.0 Å².